The first-order valence-corrected chi connectivity index (χ1v) is 11.6. The lowest BCUT2D eigenvalue weighted by atomic mass is 9.69. The molecule has 0 saturated heterocycles. The number of benzene rings is 3. The Labute approximate surface area is 211 Å². The Hall–Kier alpha value is -4.11. The highest BCUT2D eigenvalue weighted by Crippen LogP contribution is 2.23. The van der Waals surface area contributed by atoms with Crippen LogP contribution in [0.25, 0.3) is 0 Å². The number of amides is 2. The van der Waals surface area contributed by atoms with E-state index in [1.54, 1.807) is 56.6 Å². The number of hydrogen-bond acceptors (Lipinski definition) is 6. The molecule has 0 atom stereocenters. The molecule has 0 aromatic heterocycles. The SMILES string of the molecule is COc1cccc(C(=O)NN(C(=O)c2ccc3c(c2)B(O)N(c2ccccc2)N=C3)C(C)(C)C)c1C. The summed E-state index contributed by atoms with van der Waals surface area (Å²) >= 11 is 0. The number of carbonyl (C=O) groups is 2. The molecule has 0 fully saturated rings. The number of fused-ring (bicyclic) bond motifs is 1. The van der Waals surface area contributed by atoms with E-state index in [0.717, 1.165) is 5.69 Å². The standard InChI is InChI=1S/C27H29BN4O4/c1-18-22(12-9-13-24(18)36-5)25(33)30-31(27(2,3)4)26(34)19-14-15-20-17-29-32(28(35)23(20)16-19)21-10-7-6-8-11-21/h6-17,35H,1-5H3,(H,30,33). The number of hydrogen-bond donors (Lipinski definition) is 2. The first kappa shape index (κ1) is 25.0. The van der Waals surface area contributed by atoms with Gasteiger partial charge in [-0.2, -0.15) is 5.10 Å². The second-order valence-electron chi connectivity index (χ2n) is 9.53. The van der Waals surface area contributed by atoms with E-state index in [0.29, 0.717) is 33.5 Å². The van der Waals surface area contributed by atoms with Gasteiger partial charge in [0.05, 0.1) is 18.9 Å². The van der Waals surface area contributed by atoms with E-state index in [-0.39, 0.29) is 0 Å². The molecule has 9 heteroatoms. The van der Waals surface area contributed by atoms with E-state index in [9.17, 15) is 14.6 Å². The van der Waals surface area contributed by atoms with Gasteiger partial charge in [0.2, 0.25) is 0 Å². The predicted octanol–water partition coefficient (Wildman–Crippen LogP) is 3.13. The third kappa shape index (κ3) is 4.83. The van der Waals surface area contributed by atoms with Crippen LogP contribution < -0.4 is 20.5 Å². The zero-order valence-corrected chi connectivity index (χ0v) is 21.0. The van der Waals surface area contributed by atoms with E-state index in [2.05, 4.69) is 10.5 Å². The average Bonchev–Trinajstić information content (AvgIpc) is 2.87. The summed E-state index contributed by atoms with van der Waals surface area (Å²) in [5.41, 5.74) is 5.44. The fourth-order valence-electron chi connectivity index (χ4n) is 4.05. The van der Waals surface area contributed by atoms with Crippen molar-refractivity contribution in [1.82, 2.24) is 10.4 Å². The monoisotopic (exact) mass is 484 g/mol. The molecular weight excluding hydrogens is 455 g/mol. The van der Waals surface area contributed by atoms with Crippen LogP contribution in [0.15, 0.2) is 71.8 Å². The van der Waals surface area contributed by atoms with Crippen molar-refractivity contribution >= 4 is 36.2 Å². The molecule has 1 heterocycles. The first-order valence-electron chi connectivity index (χ1n) is 11.6. The smallest absolute Gasteiger partial charge is 0.471 e. The van der Waals surface area contributed by atoms with Crippen LogP contribution in [-0.2, 0) is 0 Å². The van der Waals surface area contributed by atoms with E-state index in [1.807, 2.05) is 51.1 Å². The normalized spacial score (nSPS) is 12.7. The van der Waals surface area contributed by atoms with Crippen LogP contribution in [0.5, 0.6) is 5.75 Å². The van der Waals surface area contributed by atoms with Gasteiger partial charge in [0.25, 0.3) is 11.8 Å². The van der Waals surface area contributed by atoms with Crippen LogP contribution in [0, 0.1) is 6.92 Å². The van der Waals surface area contributed by atoms with Crippen molar-refractivity contribution in [3.63, 3.8) is 0 Å². The second-order valence-corrected chi connectivity index (χ2v) is 9.53. The summed E-state index contributed by atoms with van der Waals surface area (Å²) in [6, 6.07) is 19.5. The van der Waals surface area contributed by atoms with Gasteiger partial charge in [-0.25, -0.2) is 5.01 Å². The highest BCUT2D eigenvalue weighted by atomic mass is 16.5. The number of methoxy groups -OCH3 is 1. The maximum absolute atomic E-state index is 13.7. The summed E-state index contributed by atoms with van der Waals surface area (Å²) in [7, 11) is 0.473. The van der Waals surface area contributed by atoms with E-state index < -0.39 is 24.4 Å². The zero-order valence-electron chi connectivity index (χ0n) is 21.0. The minimum atomic E-state index is -1.07. The Morgan fingerprint density at radius 1 is 1.06 bits per heavy atom. The number of rotatable bonds is 4. The summed E-state index contributed by atoms with van der Waals surface area (Å²) in [6.07, 6.45) is 1.65. The third-order valence-electron chi connectivity index (χ3n) is 6.02. The fourth-order valence-corrected chi connectivity index (χ4v) is 4.05. The van der Waals surface area contributed by atoms with Gasteiger partial charge >= 0.3 is 7.05 Å². The van der Waals surface area contributed by atoms with Crippen molar-refractivity contribution in [2.45, 2.75) is 33.2 Å². The number of carbonyl (C=O) groups excluding carboxylic acids is 2. The van der Waals surface area contributed by atoms with Crippen molar-refractivity contribution in [3.8, 4) is 5.75 Å². The maximum atomic E-state index is 13.7. The third-order valence-corrected chi connectivity index (χ3v) is 6.02. The Balaban J connectivity index is 1.64. The van der Waals surface area contributed by atoms with Crippen molar-refractivity contribution in [1.29, 1.82) is 0 Å². The van der Waals surface area contributed by atoms with Gasteiger partial charge in [0, 0.05) is 22.4 Å². The molecule has 0 spiro atoms. The Morgan fingerprint density at radius 2 is 1.78 bits per heavy atom. The minimum absolute atomic E-state index is 0.328. The maximum Gasteiger partial charge on any atom is 0.471 e. The largest absolute Gasteiger partial charge is 0.496 e. The molecular formula is C27H29BN4O4. The highest BCUT2D eigenvalue weighted by Gasteiger charge is 2.34. The molecule has 0 unspecified atom stereocenters. The van der Waals surface area contributed by atoms with Gasteiger partial charge < -0.3 is 9.76 Å². The first-order chi connectivity index (χ1) is 17.1. The van der Waals surface area contributed by atoms with Crippen molar-refractivity contribution in [2.24, 2.45) is 5.10 Å². The van der Waals surface area contributed by atoms with Crippen LogP contribution in [0.1, 0.15) is 52.6 Å². The van der Waals surface area contributed by atoms with Gasteiger partial charge in [-0.15, -0.1) is 0 Å². The lowest BCUT2D eigenvalue weighted by Crippen LogP contribution is -2.56. The molecule has 4 rings (SSSR count). The molecule has 36 heavy (non-hydrogen) atoms. The number of anilines is 1. The Kier molecular flexibility index (Phi) is 6.85. The topological polar surface area (TPSA) is 94.5 Å². The molecule has 2 N–H and O–H groups in total. The van der Waals surface area contributed by atoms with Crippen molar-refractivity contribution in [3.05, 3.63) is 89.0 Å². The highest BCUT2D eigenvalue weighted by molar-refractivity contribution is 6.71. The molecule has 3 aromatic carbocycles. The van der Waals surface area contributed by atoms with Crippen LogP contribution in [0.2, 0.25) is 0 Å². The average molecular weight is 484 g/mol. The minimum Gasteiger partial charge on any atom is -0.496 e. The quantitative estimate of drug-likeness (QED) is 0.439. The number of para-hydroxylation sites is 1. The lowest BCUT2D eigenvalue weighted by Gasteiger charge is -2.36. The Morgan fingerprint density at radius 3 is 2.44 bits per heavy atom. The molecule has 8 nitrogen and oxygen atoms in total. The van der Waals surface area contributed by atoms with Gasteiger partial charge in [0.15, 0.2) is 0 Å². The van der Waals surface area contributed by atoms with E-state index in [4.69, 9.17) is 4.74 Å². The van der Waals surface area contributed by atoms with Crippen molar-refractivity contribution in [2.75, 3.05) is 12.0 Å². The van der Waals surface area contributed by atoms with Crippen LogP contribution in [-0.4, -0.2) is 47.8 Å². The molecule has 1 aliphatic heterocycles. The van der Waals surface area contributed by atoms with Crippen LogP contribution in [0.4, 0.5) is 5.69 Å². The van der Waals surface area contributed by atoms with Crippen LogP contribution in [0.3, 0.4) is 0 Å². The second kappa shape index (κ2) is 9.87. The summed E-state index contributed by atoms with van der Waals surface area (Å²) in [5.74, 6) is -0.236. The molecule has 0 bridgehead atoms. The van der Waals surface area contributed by atoms with E-state index in [1.165, 1.54) is 9.93 Å². The molecule has 0 radical (unpaired) electrons. The summed E-state index contributed by atoms with van der Waals surface area (Å²) in [4.78, 5) is 28.3. The lowest BCUT2D eigenvalue weighted by molar-refractivity contribution is 0.0358. The fraction of sp³-hybridized carbons (Fsp3) is 0.222. The molecule has 3 aromatic rings. The number of nitrogens with zero attached hydrogens (tertiary/aromatic N) is 3. The molecule has 2 amide bonds. The summed E-state index contributed by atoms with van der Waals surface area (Å²) in [6.45, 7) is 7.30. The number of hydrazone groups is 1. The number of hydrazine groups is 1. The summed E-state index contributed by atoms with van der Waals surface area (Å²) in [5, 5.41) is 16.7. The van der Waals surface area contributed by atoms with Gasteiger partial charge in [-0.3, -0.25) is 19.9 Å². The van der Waals surface area contributed by atoms with Gasteiger partial charge in [0.1, 0.15) is 5.75 Å². The summed E-state index contributed by atoms with van der Waals surface area (Å²) < 4.78 is 5.33. The molecule has 0 aliphatic carbocycles. The van der Waals surface area contributed by atoms with Gasteiger partial charge in [-0.05, 0) is 75.1 Å². The predicted molar refractivity (Wildman–Crippen MR) is 142 cm³/mol. The molecule has 184 valence electrons. The van der Waals surface area contributed by atoms with Gasteiger partial charge in [-0.1, -0.05) is 30.3 Å². The number of ether oxygens (including phenoxy) is 1. The van der Waals surface area contributed by atoms with Crippen LogP contribution >= 0.6 is 0 Å². The van der Waals surface area contributed by atoms with Crippen molar-refractivity contribution < 1.29 is 19.3 Å². The van der Waals surface area contributed by atoms with E-state index >= 15 is 0 Å². The molecule has 1 aliphatic rings. The zero-order chi connectivity index (χ0) is 26.0. The Bertz CT molecular complexity index is 1320. The number of nitrogens with one attached hydrogen (secondary N) is 1. The molecule has 0 saturated carbocycles.